The molecule has 104 valence electrons. The molecule has 0 aliphatic rings. The smallest absolute Gasteiger partial charge is 0.0640 e. The second-order valence-corrected chi connectivity index (χ2v) is 5.30. The van der Waals surface area contributed by atoms with Crippen LogP contribution in [0.2, 0.25) is 0 Å². The number of anilines is 1. The molecular formula is C14H20BrN3O. The lowest BCUT2D eigenvalue weighted by molar-refractivity contribution is 0.205. The standard InChI is InChI=1S/C14H20BrN3O/c1-11(17)13-10-12(15)4-5-14(13)18(7-3-6-16)8-9-19-2/h4-5,10-11H,3,7-9,17H2,1-2H3. The number of benzene rings is 1. The molecule has 0 fully saturated rings. The second kappa shape index (κ2) is 8.16. The lowest BCUT2D eigenvalue weighted by Gasteiger charge is -2.27. The highest BCUT2D eigenvalue weighted by atomic mass is 79.9. The summed E-state index contributed by atoms with van der Waals surface area (Å²) in [4.78, 5) is 2.15. The van der Waals surface area contributed by atoms with Gasteiger partial charge in [-0.1, -0.05) is 15.9 Å². The van der Waals surface area contributed by atoms with Gasteiger partial charge < -0.3 is 15.4 Å². The summed E-state index contributed by atoms with van der Waals surface area (Å²) < 4.78 is 6.14. The van der Waals surface area contributed by atoms with Crippen molar-refractivity contribution in [3.05, 3.63) is 28.2 Å². The van der Waals surface area contributed by atoms with E-state index in [0.717, 1.165) is 22.3 Å². The summed E-state index contributed by atoms with van der Waals surface area (Å²) in [5, 5.41) is 8.77. The number of nitriles is 1. The Balaban J connectivity index is 3.02. The molecule has 0 saturated heterocycles. The van der Waals surface area contributed by atoms with Gasteiger partial charge in [-0.3, -0.25) is 0 Å². The molecule has 19 heavy (non-hydrogen) atoms. The number of hydrogen-bond donors (Lipinski definition) is 1. The van der Waals surface area contributed by atoms with Crippen LogP contribution in [0.1, 0.15) is 24.9 Å². The molecule has 1 unspecified atom stereocenters. The van der Waals surface area contributed by atoms with E-state index in [1.165, 1.54) is 0 Å². The molecule has 2 N–H and O–H groups in total. The maximum absolute atomic E-state index is 8.77. The van der Waals surface area contributed by atoms with E-state index in [0.29, 0.717) is 19.6 Å². The molecule has 1 aromatic carbocycles. The predicted octanol–water partition coefficient (Wildman–Crippen LogP) is 2.84. The Morgan fingerprint density at radius 3 is 2.79 bits per heavy atom. The highest BCUT2D eigenvalue weighted by Crippen LogP contribution is 2.28. The van der Waals surface area contributed by atoms with Gasteiger partial charge in [0.15, 0.2) is 0 Å². The number of ether oxygens (including phenoxy) is 1. The van der Waals surface area contributed by atoms with Crippen LogP contribution >= 0.6 is 15.9 Å². The van der Waals surface area contributed by atoms with Crippen LogP contribution in [0.4, 0.5) is 5.69 Å². The van der Waals surface area contributed by atoms with Crippen molar-refractivity contribution in [2.45, 2.75) is 19.4 Å². The zero-order valence-corrected chi connectivity index (χ0v) is 13.0. The number of nitrogens with zero attached hydrogens (tertiary/aromatic N) is 2. The molecule has 0 amide bonds. The van der Waals surface area contributed by atoms with Gasteiger partial charge in [-0.25, -0.2) is 0 Å². The van der Waals surface area contributed by atoms with E-state index >= 15 is 0 Å². The van der Waals surface area contributed by atoms with Crippen LogP contribution in [0.25, 0.3) is 0 Å². The van der Waals surface area contributed by atoms with Crippen molar-refractivity contribution in [3.8, 4) is 6.07 Å². The fourth-order valence-electron chi connectivity index (χ4n) is 1.92. The maximum atomic E-state index is 8.77. The third-order valence-corrected chi connectivity index (χ3v) is 3.37. The molecule has 0 aliphatic heterocycles. The van der Waals surface area contributed by atoms with Crippen molar-refractivity contribution in [2.75, 3.05) is 31.7 Å². The summed E-state index contributed by atoms with van der Waals surface area (Å²) in [5.41, 5.74) is 8.18. The molecule has 0 heterocycles. The van der Waals surface area contributed by atoms with E-state index in [-0.39, 0.29) is 6.04 Å². The van der Waals surface area contributed by atoms with E-state index in [1.807, 2.05) is 25.1 Å². The first-order chi connectivity index (χ1) is 9.10. The maximum Gasteiger partial charge on any atom is 0.0640 e. The highest BCUT2D eigenvalue weighted by Gasteiger charge is 2.14. The second-order valence-electron chi connectivity index (χ2n) is 4.38. The Kier molecular flexibility index (Phi) is 6.85. The van der Waals surface area contributed by atoms with Crippen LogP contribution in [0.15, 0.2) is 22.7 Å². The van der Waals surface area contributed by atoms with Gasteiger partial charge in [-0.15, -0.1) is 0 Å². The summed E-state index contributed by atoms with van der Waals surface area (Å²) in [6.07, 6.45) is 0.484. The van der Waals surface area contributed by atoms with Crippen LogP contribution in [0, 0.1) is 11.3 Å². The predicted molar refractivity (Wildman–Crippen MR) is 81.1 cm³/mol. The number of halogens is 1. The largest absolute Gasteiger partial charge is 0.383 e. The molecule has 1 rings (SSSR count). The van der Waals surface area contributed by atoms with E-state index in [9.17, 15) is 0 Å². The molecule has 1 aromatic rings. The molecule has 0 radical (unpaired) electrons. The monoisotopic (exact) mass is 325 g/mol. The Morgan fingerprint density at radius 1 is 1.47 bits per heavy atom. The van der Waals surface area contributed by atoms with Crippen molar-refractivity contribution in [1.82, 2.24) is 0 Å². The van der Waals surface area contributed by atoms with Crippen molar-refractivity contribution in [1.29, 1.82) is 5.26 Å². The van der Waals surface area contributed by atoms with Crippen molar-refractivity contribution >= 4 is 21.6 Å². The normalized spacial score (nSPS) is 11.9. The first-order valence-corrected chi connectivity index (χ1v) is 7.05. The zero-order valence-electron chi connectivity index (χ0n) is 11.4. The molecule has 0 saturated carbocycles. The van der Waals surface area contributed by atoms with Crippen LogP contribution < -0.4 is 10.6 Å². The molecule has 0 aromatic heterocycles. The molecule has 5 heteroatoms. The molecule has 1 atom stereocenters. The Bertz CT molecular complexity index is 443. The first-order valence-electron chi connectivity index (χ1n) is 6.26. The van der Waals surface area contributed by atoms with Crippen molar-refractivity contribution in [3.63, 3.8) is 0 Å². The SMILES string of the molecule is COCCN(CCC#N)c1ccc(Br)cc1C(C)N. The van der Waals surface area contributed by atoms with Crippen molar-refractivity contribution in [2.24, 2.45) is 5.73 Å². The van der Waals surface area contributed by atoms with Gasteiger partial charge in [0.1, 0.15) is 0 Å². The van der Waals surface area contributed by atoms with Crippen molar-refractivity contribution < 1.29 is 4.74 Å². The summed E-state index contributed by atoms with van der Waals surface area (Å²) in [5.74, 6) is 0. The number of nitrogens with two attached hydrogens (primary N) is 1. The van der Waals surface area contributed by atoms with E-state index in [4.69, 9.17) is 15.7 Å². The Morgan fingerprint density at radius 2 is 2.21 bits per heavy atom. The lowest BCUT2D eigenvalue weighted by Crippen LogP contribution is -2.30. The summed E-state index contributed by atoms with van der Waals surface area (Å²) in [6.45, 7) is 4.02. The van der Waals surface area contributed by atoms with Gasteiger partial charge in [0.2, 0.25) is 0 Å². The average Bonchev–Trinajstić information content (AvgIpc) is 2.39. The van der Waals surface area contributed by atoms with Gasteiger partial charge >= 0.3 is 0 Å². The quantitative estimate of drug-likeness (QED) is 0.837. The third-order valence-electron chi connectivity index (χ3n) is 2.88. The Labute approximate surface area is 123 Å². The first kappa shape index (κ1) is 16.0. The minimum atomic E-state index is -0.0559. The number of methoxy groups -OCH3 is 1. The van der Waals surface area contributed by atoms with Crippen LogP contribution in [0.5, 0.6) is 0 Å². The van der Waals surface area contributed by atoms with E-state index < -0.39 is 0 Å². The van der Waals surface area contributed by atoms with Gasteiger partial charge in [0.05, 0.1) is 19.1 Å². The fourth-order valence-corrected chi connectivity index (χ4v) is 2.30. The third kappa shape index (κ3) is 4.83. The lowest BCUT2D eigenvalue weighted by atomic mass is 10.1. The summed E-state index contributed by atoms with van der Waals surface area (Å²) >= 11 is 3.47. The van der Waals surface area contributed by atoms with Crippen LogP contribution in [0.3, 0.4) is 0 Å². The van der Waals surface area contributed by atoms with Gasteiger partial charge in [-0.05, 0) is 30.7 Å². The molecule has 0 spiro atoms. The van der Waals surface area contributed by atoms with E-state index in [2.05, 4.69) is 26.9 Å². The average molecular weight is 326 g/mol. The molecule has 0 aliphatic carbocycles. The summed E-state index contributed by atoms with van der Waals surface area (Å²) in [6, 6.07) is 8.19. The number of rotatable bonds is 7. The van der Waals surface area contributed by atoms with Crippen LogP contribution in [-0.4, -0.2) is 26.8 Å². The fraction of sp³-hybridized carbons (Fsp3) is 0.500. The van der Waals surface area contributed by atoms with Gasteiger partial charge in [-0.2, -0.15) is 5.26 Å². The van der Waals surface area contributed by atoms with Crippen LogP contribution in [-0.2, 0) is 4.74 Å². The molecule has 4 nitrogen and oxygen atoms in total. The van der Waals surface area contributed by atoms with Gasteiger partial charge in [0, 0.05) is 36.4 Å². The Hall–Kier alpha value is -1.09. The molecular weight excluding hydrogens is 306 g/mol. The van der Waals surface area contributed by atoms with E-state index in [1.54, 1.807) is 7.11 Å². The molecule has 0 bridgehead atoms. The van der Waals surface area contributed by atoms with Gasteiger partial charge in [0.25, 0.3) is 0 Å². The topological polar surface area (TPSA) is 62.3 Å². The highest BCUT2D eigenvalue weighted by molar-refractivity contribution is 9.10. The minimum absolute atomic E-state index is 0.0559. The summed E-state index contributed by atoms with van der Waals surface area (Å²) in [7, 11) is 1.68. The zero-order chi connectivity index (χ0) is 14.3. The minimum Gasteiger partial charge on any atom is -0.383 e. The number of hydrogen-bond acceptors (Lipinski definition) is 4.